The molecule has 1 saturated heterocycles. The Morgan fingerprint density at radius 2 is 1.93 bits per heavy atom. The van der Waals surface area contributed by atoms with Gasteiger partial charge in [-0.05, 0) is 37.1 Å². The van der Waals surface area contributed by atoms with Gasteiger partial charge in [0.25, 0.3) is 11.5 Å². The minimum Gasteiger partial charge on any atom is -0.495 e. The van der Waals surface area contributed by atoms with E-state index in [-0.39, 0.29) is 11.1 Å². The summed E-state index contributed by atoms with van der Waals surface area (Å²) in [7, 11) is 1.50. The van der Waals surface area contributed by atoms with E-state index in [0.717, 1.165) is 25.2 Å². The van der Waals surface area contributed by atoms with Crippen molar-refractivity contribution in [3.8, 4) is 5.75 Å². The van der Waals surface area contributed by atoms with Gasteiger partial charge in [0.15, 0.2) is 0 Å². The van der Waals surface area contributed by atoms with Crippen LogP contribution in [0.3, 0.4) is 0 Å². The lowest BCUT2D eigenvalue weighted by Gasteiger charge is -2.26. The maximum atomic E-state index is 13.0. The van der Waals surface area contributed by atoms with Crippen LogP contribution in [0.15, 0.2) is 29.2 Å². The van der Waals surface area contributed by atoms with E-state index in [1.54, 1.807) is 35.9 Å². The van der Waals surface area contributed by atoms with Gasteiger partial charge in [-0.1, -0.05) is 11.6 Å². The molecule has 1 N–H and O–H groups in total. The Morgan fingerprint density at radius 3 is 2.62 bits per heavy atom. The summed E-state index contributed by atoms with van der Waals surface area (Å²) in [4.78, 5) is 28.2. The Bertz CT molecular complexity index is 952. The molecule has 8 heteroatoms. The Morgan fingerprint density at radius 1 is 1.21 bits per heavy atom. The number of morpholine rings is 1. The molecule has 0 saturated carbocycles. The van der Waals surface area contributed by atoms with E-state index in [1.807, 2.05) is 6.92 Å². The van der Waals surface area contributed by atoms with Crippen LogP contribution < -0.4 is 15.6 Å². The maximum absolute atomic E-state index is 13.0. The maximum Gasteiger partial charge on any atom is 0.263 e. The van der Waals surface area contributed by atoms with Crippen molar-refractivity contribution >= 4 is 23.2 Å². The topological polar surface area (TPSA) is 72.8 Å². The number of nitrogens with one attached hydrogen (secondary N) is 1. The summed E-state index contributed by atoms with van der Waals surface area (Å²) in [5.41, 5.74) is 1.72. The molecule has 0 unspecified atom stereocenters. The zero-order chi connectivity index (χ0) is 21.0. The molecule has 7 nitrogen and oxygen atoms in total. The largest absolute Gasteiger partial charge is 0.495 e. The molecular weight excluding hydrogens is 394 g/mol. The molecule has 0 radical (unpaired) electrons. The van der Waals surface area contributed by atoms with Crippen LogP contribution in [0.5, 0.6) is 5.75 Å². The number of carbonyl (C=O) groups excluding carboxylic acids is 1. The molecule has 2 aromatic rings. The van der Waals surface area contributed by atoms with Crippen molar-refractivity contribution < 1.29 is 14.3 Å². The first-order valence-electron chi connectivity index (χ1n) is 9.56. The number of ether oxygens (including phenoxy) is 2. The summed E-state index contributed by atoms with van der Waals surface area (Å²) in [6, 6.07) is 5.17. The number of hydrogen-bond acceptors (Lipinski definition) is 5. The first kappa shape index (κ1) is 21.4. The second-order valence-corrected chi connectivity index (χ2v) is 7.49. The SMILES string of the molecule is COc1cc(Cl)c(C)cc1NC(=O)c1c(C)ccn(CCN2CCOCC2)c1=O. The summed E-state index contributed by atoms with van der Waals surface area (Å²) in [5, 5.41) is 3.34. The number of hydrogen-bond donors (Lipinski definition) is 1. The predicted molar refractivity (Wildman–Crippen MR) is 113 cm³/mol. The average molecular weight is 420 g/mol. The number of methoxy groups -OCH3 is 1. The predicted octanol–water partition coefficient (Wildman–Crippen LogP) is 2.71. The van der Waals surface area contributed by atoms with Gasteiger partial charge in [-0.15, -0.1) is 0 Å². The molecule has 156 valence electrons. The first-order chi connectivity index (χ1) is 13.9. The summed E-state index contributed by atoms with van der Waals surface area (Å²) >= 11 is 6.13. The standard InChI is InChI=1S/C21H26ClN3O4/c1-14-4-5-25(7-6-24-8-10-29-11-9-24)21(27)19(14)20(26)23-17-12-15(2)16(22)13-18(17)28-3/h4-5,12-13H,6-11H2,1-3H3,(H,23,26). The molecule has 1 amide bonds. The lowest BCUT2D eigenvalue weighted by molar-refractivity contribution is 0.0363. The summed E-state index contributed by atoms with van der Waals surface area (Å²) in [6.45, 7) is 7.96. The summed E-state index contributed by atoms with van der Waals surface area (Å²) < 4.78 is 12.2. The highest BCUT2D eigenvalue weighted by molar-refractivity contribution is 6.31. The molecule has 0 bridgehead atoms. The molecule has 2 heterocycles. The smallest absolute Gasteiger partial charge is 0.263 e. The number of aromatic nitrogens is 1. The number of benzene rings is 1. The Hall–Kier alpha value is -2.35. The van der Waals surface area contributed by atoms with Crippen LogP contribution in [0, 0.1) is 13.8 Å². The zero-order valence-corrected chi connectivity index (χ0v) is 17.7. The van der Waals surface area contributed by atoms with E-state index in [4.69, 9.17) is 21.1 Å². The van der Waals surface area contributed by atoms with Crippen LogP contribution >= 0.6 is 11.6 Å². The highest BCUT2D eigenvalue weighted by Crippen LogP contribution is 2.31. The summed E-state index contributed by atoms with van der Waals surface area (Å²) in [6.07, 6.45) is 1.74. The number of halogens is 1. The van der Waals surface area contributed by atoms with E-state index in [9.17, 15) is 9.59 Å². The number of carbonyl (C=O) groups is 1. The van der Waals surface area contributed by atoms with Crippen LogP contribution in [0.2, 0.25) is 5.02 Å². The molecule has 1 fully saturated rings. The molecule has 1 aliphatic rings. The second-order valence-electron chi connectivity index (χ2n) is 7.08. The van der Waals surface area contributed by atoms with E-state index in [1.165, 1.54) is 7.11 Å². The normalized spacial score (nSPS) is 14.6. The van der Waals surface area contributed by atoms with Gasteiger partial charge in [0, 0.05) is 43.5 Å². The molecule has 1 aromatic carbocycles. The van der Waals surface area contributed by atoms with E-state index < -0.39 is 5.91 Å². The molecule has 0 spiro atoms. The van der Waals surface area contributed by atoms with E-state index in [0.29, 0.717) is 41.8 Å². The number of rotatable bonds is 6. The van der Waals surface area contributed by atoms with Gasteiger partial charge >= 0.3 is 0 Å². The third-order valence-corrected chi connectivity index (χ3v) is 5.50. The quantitative estimate of drug-likeness (QED) is 0.779. The van der Waals surface area contributed by atoms with Gasteiger partial charge in [-0.2, -0.15) is 0 Å². The molecule has 1 aliphatic heterocycles. The van der Waals surface area contributed by atoms with Crippen molar-refractivity contribution in [3.63, 3.8) is 0 Å². The Labute approximate surface area is 175 Å². The monoisotopic (exact) mass is 419 g/mol. The van der Waals surface area contributed by atoms with Crippen LogP contribution in [0.1, 0.15) is 21.5 Å². The number of amides is 1. The molecule has 3 rings (SSSR count). The molecular formula is C21H26ClN3O4. The molecule has 0 atom stereocenters. The van der Waals surface area contributed by atoms with Crippen molar-refractivity contribution in [2.45, 2.75) is 20.4 Å². The third kappa shape index (κ3) is 4.98. The highest BCUT2D eigenvalue weighted by Gasteiger charge is 2.19. The van der Waals surface area contributed by atoms with Gasteiger partial charge in [-0.25, -0.2) is 0 Å². The fourth-order valence-electron chi connectivity index (χ4n) is 3.31. The van der Waals surface area contributed by atoms with Gasteiger partial charge in [-0.3, -0.25) is 14.5 Å². The van der Waals surface area contributed by atoms with Crippen molar-refractivity contribution in [2.24, 2.45) is 0 Å². The van der Waals surface area contributed by atoms with Crippen LogP contribution in [-0.4, -0.2) is 55.3 Å². The van der Waals surface area contributed by atoms with Crippen molar-refractivity contribution in [1.29, 1.82) is 0 Å². The highest BCUT2D eigenvalue weighted by atomic mass is 35.5. The Balaban J connectivity index is 1.81. The van der Waals surface area contributed by atoms with Crippen LogP contribution in [0.25, 0.3) is 0 Å². The third-order valence-electron chi connectivity index (χ3n) is 5.09. The van der Waals surface area contributed by atoms with Gasteiger partial charge in [0.05, 0.1) is 26.0 Å². The van der Waals surface area contributed by atoms with Crippen LogP contribution in [-0.2, 0) is 11.3 Å². The fourth-order valence-corrected chi connectivity index (χ4v) is 3.46. The van der Waals surface area contributed by atoms with Crippen molar-refractivity contribution in [2.75, 3.05) is 45.3 Å². The van der Waals surface area contributed by atoms with Crippen LogP contribution in [0.4, 0.5) is 5.69 Å². The first-order valence-corrected chi connectivity index (χ1v) is 9.94. The van der Waals surface area contributed by atoms with Gasteiger partial charge in [0.1, 0.15) is 11.3 Å². The molecule has 0 aliphatic carbocycles. The number of anilines is 1. The summed E-state index contributed by atoms with van der Waals surface area (Å²) in [5.74, 6) is -0.0246. The minimum atomic E-state index is -0.465. The molecule has 29 heavy (non-hydrogen) atoms. The van der Waals surface area contributed by atoms with E-state index in [2.05, 4.69) is 10.2 Å². The fraction of sp³-hybridized carbons (Fsp3) is 0.429. The average Bonchev–Trinajstić information content (AvgIpc) is 2.71. The molecule has 1 aromatic heterocycles. The van der Waals surface area contributed by atoms with Crippen molar-refractivity contribution in [1.82, 2.24) is 9.47 Å². The number of aryl methyl sites for hydroxylation is 2. The second kappa shape index (κ2) is 9.43. The lowest BCUT2D eigenvalue weighted by Crippen LogP contribution is -2.40. The van der Waals surface area contributed by atoms with E-state index >= 15 is 0 Å². The Kier molecular flexibility index (Phi) is 6.95. The number of nitrogens with zero attached hydrogens (tertiary/aromatic N) is 2. The van der Waals surface area contributed by atoms with Gasteiger partial charge < -0.3 is 19.4 Å². The zero-order valence-electron chi connectivity index (χ0n) is 17.0. The lowest BCUT2D eigenvalue weighted by atomic mass is 10.1. The van der Waals surface area contributed by atoms with Gasteiger partial charge in [0.2, 0.25) is 0 Å². The number of pyridine rings is 1. The van der Waals surface area contributed by atoms with Crippen molar-refractivity contribution in [3.05, 3.63) is 56.5 Å². The minimum absolute atomic E-state index is 0.129.